The third-order valence-corrected chi connectivity index (χ3v) is 23.5. The molecular weight excluding hydrogens is 457 g/mol. The fourth-order valence-electron chi connectivity index (χ4n) is 5.25. The van der Waals surface area contributed by atoms with Crippen LogP contribution in [0.4, 0.5) is 0 Å². The van der Waals surface area contributed by atoms with Crippen LogP contribution in [0.15, 0.2) is 45.0 Å². The minimum atomic E-state index is -2.51. The predicted octanol–water partition coefficient (Wildman–Crippen LogP) is 8.61. The molecule has 0 aliphatic carbocycles. The van der Waals surface area contributed by atoms with Gasteiger partial charge in [0, 0.05) is 0 Å². The second-order valence-electron chi connectivity index (χ2n) is 10.3. The summed E-state index contributed by atoms with van der Waals surface area (Å²) in [6.07, 6.45) is 10.9. The average molecular weight is 502 g/mol. The van der Waals surface area contributed by atoms with Crippen LogP contribution in [0, 0.1) is 5.41 Å². The van der Waals surface area contributed by atoms with Crippen molar-refractivity contribution in [2.75, 3.05) is 0 Å². The maximum atomic E-state index is 5.51. The van der Waals surface area contributed by atoms with Crippen LogP contribution in [0.1, 0.15) is 92.6 Å². The Morgan fingerprint density at radius 1 is 0.759 bits per heavy atom. The molecule has 0 saturated heterocycles. The second-order valence-corrected chi connectivity index (χ2v) is 23.4. The SMILES string of the molecule is CCC[CH2][Sn]([CH2]CCC)([CH2]CCC)[C]1=CC(C)(C)C(c2ccccc2)=NC1(C)C. The Kier molecular flexibility index (Phi) is 9.06. The summed E-state index contributed by atoms with van der Waals surface area (Å²) in [7, 11) is 0. The molecule has 2 rings (SSSR count). The summed E-state index contributed by atoms with van der Waals surface area (Å²) in [4.78, 5) is 5.51. The molecule has 162 valence electrons. The number of unbranched alkanes of at least 4 members (excludes halogenated alkanes) is 3. The molecule has 29 heavy (non-hydrogen) atoms. The van der Waals surface area contributed by atoms with Crippen LogP contribution < -0.4 is 0 Å². The van der Waals surface area contributed by atoms with Crippen molar-refractivity contribution in [3.63, 3.8) is 0 Å². The first kappa shape index (κ1) is 24.7. The summed E-state index contributed by atoms with van der Waals surface area (Å²) in [6, 6.07) is 10.9. The molecule has 1 aliphatic heterocycles. The molecule has 1 aliphatic rings. The molecule has 1 aromatic rings. The zero-order valence-corrected chi connectivity index (χ0v) is 23.1. The molecule has 1 heterocycles. The van der Waals surface area contributed by atoms with E-state index in [1.54, 1.807) is 0 Å². The predicted molar refractivity (Wildman–Crippen MR) is 134 cm³/mol. The van der Waals surface area contributed by atoms with E-state index in [1.807, 2.05) is 3.59 Å². The Morgan fingerprint density at radius 2 is 1.24 bits per heavy atom. The van der Waals surface area contributed by atoms with E-state index in [1.165, 1.54) is 63.1 Å². The molecule has 0 radical (unpaired) electrons. The standard InChI is InChI=1S/C15H18N.3C4H9.Sn/c1-14(2)10-11-15(3,4)16-13(14)12-8-6-5-7-9-12;3*1-3-4-2;/h5-10H,1-4H3;3*1,3-4H2,2H3;. The molecule has 0 amide bonds. The van der Waals surface area contributed by atoms with Gasteiger partial charge in [-0.2, -0.15) is 0 Å². The van der Waals surface area contributed by atoms with Gasteiger partial charge in [-0.15, -0.1) is 0 Å². The van der Waals surface area contributed by atoms with Gasteiger partial charge in [0.05, 0.1) is 0 Å². The Morgan fingerprint density at radius 3 is 1.69 bits per heavy atom. The van der Waals surface area contributed by atoms with E-state index in [-0.39, 0.29) is 11.0 Å². The Balaban J connectivity index is 2.56. The summed E-state index contributed by atoms with van der Waals surface area (Å²) in [5, 5.41) is 0. The van der Waals surface area contributed by atoms with Gasteiger partial charge in [0.2, 0.25) is 0 Å². The van der Waals surface area contributed by atoms with Gasteiger partial charge in [0.1, 0.15) is 0 Å². The van der Waals surface area contributed by atoms with Gasteiger partial charge in [0.15, 0.2) is 0 Å². The fraction of sp³-hybridized carbons (Fsp3) is 0.667. The summed E-state index contributed by atoms with van der Waals surface area (Å²) < 4.78 is 6.39. The van der Waals surface area contributed by atoms with Crippen molar-refractivity contribution in [1.29, 1.82) is 0 Å². The van der Waals surface area contributed by atoms with Gasteiger partial charge in [-0.1, -0.05) is 0 Å². The normalized spacial score (nSPS) is 18.3. The molecule has 1 nitrogen and oxygen atoms in total. The molecule has 0 unspecified atom stereocenters. The van der Waals surface area contributed by atoms with Crippen molar-refractivity contribution in [2.45, 2.75) is 106 Å². The number of hydrogen-bond acceptors (Lipinski definition) is 1. The first-order chi connectivity index (χ1) is 13.7. The van der Waals surface area contributed by atoms with Crippen LogP contribution in [-0.4, -0.2) is 29.6 Å². The van der Waals surface area contributed by atoms with Crippen LogP contribution in [0.25, 0.3) is 0 Å². The Labute approximate surface area is 185 Å². The van der Waals surface area contributed by atoms with Crippen molar-refractivity contribution < 1.29 is 0 Å². The topological polar surface area (TPSA) is 12.4 Å². The number of dihydropyridines is 1. The summed E-state index contributed by atoms with van der Waals surface area (Å²) >= 11 is -2.51. The Bertz CT molecular complexity index is 675. The van der Waals surface area contributed by atoms with Crippen LogP contribution in [0.2, 0.25) is 13.3 Å². The van der Waals surface area contributed by atoms with Crippen molar-refractivity contribution in [1.82, 2.24) is 0 Å². The first-order valence-electron chi connectivity index (χ1n) is 12.1. The molecule has 2 heteroatoms. The summed E-state index contributed by atoms with van der Waals surface area (Å²) in [5.74, 6) is 0. The first-order valence-corrected chi connectivity index (χ1v) is 19.6. The summed E-state index contributed by atoms with van der Waals surface area (Å²) in [6.45, 7) is 16.7. The summed E-state index contributed by atoms with van der Waals surface area (Å²) in [5.41, 5.74) is 2.52. The third-order valence-electron chi connectivity index (χ3n) is 6.81. The van der Waals surface area contributed by atoms with E-state index in [0.29, 0.717) is 0 Å². The van der Waals surface area contributed by atoms with Gasteiger partial charge < -0.3 is 0 Å². The number of allylic oxidation sites excluding steroid dienone is 1. The van der Waals surface area contributed by atoms with Crippen molar-refractivity contribution in [3.8, 4) is 0 Å². The molecule has 0 aromatic heterocycles. The fourth-order valence-corrected chi connectivity index (χ4v) is 24.3. The molecule has 0 atom stereocenters. The van der Waals surface area contributed by atoms with E-state index in [9.17, 15) is 0 Å². The van der Waals surface area contributed by atoms with Crippen LogP contribution >= 0.6 is 0 Å². The van der Waals surface area contributed by atoms with E-state index < -0.39 is 18.4 Å². The molecule has 0 bridgehead atoms. The minimum absolute atomic E-state index is 0.0129. The van der Waals surface area contributed by atoms with E-state index in [0.717, 1.165) is 0 Å². The number of rotatable bonds is 11. The van der Waals surface area contributed by atoms with Crippen molar-refractivity contribution >= 4 is 24.1 Å². The van der Waals surface area contributed by atoms with Gasteiger partial charge in [-0.05, 0) is 0 Å². The molecule has 1 aromatic carbocycles. The zero-order valence-electron chi connectivity index (χ0n) is 20.3. The molecular formula is C27H45NSn. The molecule has 0 saturated carbocycles. The zero-order chi connectivity index (χ0) is 21.5. The molecule has 0 fully saturated rings. The van der Waals surface area contributed by atoms with Crippen molar-refractivity contribution in [2.24, 2.45) is 10.4 Å². The molecule has 0 N–H and O–H groups in total. The van der Waals surface area contributed by atoms with Gasteiger partial charge in [-0.25, -0.2) is 0 Å². The monoisotopic (exact) mass is 503 g/mol. The van der Waals surface area contributed by atoms with Gasteiger partial charge in [-0.3, -0.25) is 0 Å². The Hall–Kier alpha value is -0.571. The maximum absolute atomic E-state index is 5.51. The van der Waals surface area contributed by atoms with Crippen LogP contribution in [0.3, 0.4) is 0 Å². The number of benzene rings is 1. The average Bonchev–Trinajstić information content (AvgIpc) is 2.70. The van der Waals surface area contributed by atoms with Gasteiger partial charge in [0.25, 0.3) is 0 Å². The molecule has 0 spiro atoms. The van der Waals surface area contributed by atoms with E-state index in [4.69, 9.17) is 4.99 Å². The van der Waals surface area contributed by atoms with Gasteiger partial charge >= 0.3 is 186 Å². The second kappa shape index (κ2) is 10.6. The van der Waals surface area contributed by atoms with E-state index >= 15 is 0 Å². The number of aliphatic imine (C=N–C) groups is 1. The third kappa shape index (κ3) is 5.99. The number of hydrogen-bond donors (Lipinski definition) is 0. The van der Waals surface area contributed by atoms with E-state index in [2.05, 4.69) is 84.9 Å². The quantitative estimate of drug-likeness (QED) is 0.269. The van der Waals surface area contributed by atoms with Crippen molar-refractivity contribution in [3.05, 3.63) is 45.6 Å². The number of nitrogens with zero attached hydrogens (tertiary/aromatic N) is 1. The van der Waals surface area contributed by atoms with Crippen LogP contribution in [-0.2, 0) is 0 Å². The van der Waals surface area contributed by atoms with Crippen LogP contribution in [0.5, 0.6) is 0 Å².